The Balaban J connectivity index is 2.21. The van der Waals surface area contributed by atoms with Gasteiger partial charge in [0, 0.05) is 18.9 Å². The Morgan fingerprint density at radius 1 is 1.12 bits per heavy atom. The second-order valence-electron chi connectivity index (χ2n) is 3.64. The quantitative estimate of drug-likeness (QED) is 0.866. The molecule has 0 aromatic carbocycles. The number of hydrogen-bond acceptors (Lipinski definition) is 3. The average Bonchev–Trinajstić information content (AvgIpc) is 2.38. The highest BCUT2D eigenvalue weighted by Gasteiger charge is 2.10. The summed E-state index contributed by atoms with van der Waals surface area (Å²) < 4.78 is 1.01. The van der Waals surface area contributed by atoms with Crippen molar-refractivity contribution in [2.45, 2.75) is 13.5 Å². The monoisotopic (exact) mass is 291 g/mol. The molecular weight excluding hydrogens is 278 g/mol. The zero-order valence-electron chi connectivity index (χ0n) is 9.68. The number of rotatable bonds is 4. The summed E-state index contributed by atoms with van der Waals surface area (Å²) in [4.78, 5) is 10.9. The fourth-order valence-corrected chi connectivity index (χ4v) is 2.14. The summed E-state index contributed by atoms with van der Waals surface area (Å²) in [6.07, 6.45) is 3.62. The van der Waals surface area contributed by atoms with Crippen molar-refractivity contribution in [3.63, 3.8) is 0 Å². The number of anilines is 1. The van der Waals surface area contributed by atoms with Crippen LogP contribution in [-0.2, 0) is 6.54 Å². The molecule has 0 radical (unpaired) electrons. The summed E-state index contributed by atoms with van der Waals surface area (Å²) in [6.45, 7) is 3.78. The third kappa shape index (κ3) is 3.03. The maximum Gasteiger partial charge on any atom is 0.143 e. The van der Waals surface area contributed by atoms with E-state index in [1.165, 1.54) is 0 Å². The van der Waals surface area contributed by atoms with Crippen LogP contribution in [0.25, 0.3) is 0 Å². The molecule has 0 unspecified atom stereocenters. The van der Waals surface area contributed by atoms with Crippen LogP contribution < -0.4 is 4.90 Å². The molecule has 0 N–H and O–H groups in total. The first kappa shape index (κ1) is 12.0. The first-order valence-electron chi connectivity index (χ1n) is 5.56. The van der Waals surface area contributed by atoms with Gasteiger partial charge in [-0.15, -0.1) is 0 Å². The van der Waals surface area contributed by atoms with Crippen molar-refractivity contribution in [3.05, 3.63) is 52.9 Å². The lowest BCUT2D eigenvalue weighted by molar-refractivity contribution is 0.791. The fraction of sp³-hybridized carbons (Fsp3) is 0.231. The van der Waals surface area contributed by atoms with E-state index in [0.717, 1.165) is 29.1 Å². The van der Waals surface area contributed by atoms with Gasteiger partial charge < -0.3 is 4.90 Å². The molecule has 0 saturated heterocycles. The largest absolute Gasteiger partial charge is 0.350 e. The predicted molar refractivity (Wildman–Crippen MR) is 72.9 cm³/mol. The maximum absolute atomic E-state index is 4.40. The molecule has 2 heterocycles. The SMILES string of the molecule is CCN(Cc1ccccn1)c1ncccc1Br. The summed E-state index contributed by atoms with van der Waals surface area (Å²) in [7, 11) is 0. The van der Waals surface area contributed by atoms with Gasteiger partial charge in [-0.1, -0.05) is 6.07 Å². The van der Waals surface area contributed by atoms with Crippen LogP contribution in [0.2, 0.25) is 0 Å². The van der Waals surface area contributed by atoms with Crippen LogP contribution in [0, 0.1) is 0 Å². The van der Waals surface area contributed by atoms with Crippen molar-refractivity contribution in [2.24, 2.45) is 0 Å². The fourth-order valence-electron chi connectivity index (χ4n) is 1.63. The normalized spacial score (nSPS) is 10.2. The van der Waals surface area contributed by atoms with Gasteiger partial charge in [-0.2, -0.15) is 0 Å². The maximum atomic E-state index is 4.40. The van der Waals surface area contributed by atoms with E-state index in [2.05, 4.69) is 37.7 Å². The molecule has 2 rings (SSSR count). The topological polar surface area (TPSA) is 29.0 Å². The van der Waals surface area contributed by atoms with E-state index in [9.17, 15) is 0 Å². The molecule has 0 aliphatic rings. The highest BCUT2D eigenvalue weighted by atomic mass is 79.9. The number of hydrogen-bond donors (Lipinski definition) is 0. The molecule has 0 spiro atoms. The van der Waals surface area contributed by atoms with Crippen LogP contribution >= 0.6 is 15.9 Å². The summed E-state index contributed by atoms with van der Waals surface area (Å²) in [6, 6.07) is 9.88. The van der Waals surface area contributed by atoms with Crippen LogP contribution in [-0.4, -0.2) is 16.5 Å². The van der Waals surface area contributed by atoms with E-state index >= 15 is 0 Å². The molecule has 2 aromatic rings. The van der Waals surface area contributed by atoms with Crippen molar-refractivity contribution in [1.82, 2.24) is 9.97 Å². The zero-order chi connectivity index (χ0) is 12.1. The van der Waals surface area contributed by atoms with Crippen LogP contribution in [0.5, 0.6) is 0 Å². The van der Waals surface area contributed by atoms with Crippen LogP contribution in [0.3, 0.4) is 0 Å². The van der Waals surface area contributed by atoms with E-state index in [0.29, 0.717) is 0 Å². The Labute approximate surface area is 110 Å². The van der Waals surface area contributed by atoms with Gasteiger partial charge in [0.1, 0.15) is 5.82 Å². The summed E-state index contributed by atoms with van der Waals surface area (Å²) in [5.41, 5.74) is 1.05. The van der Waals surface area contributed by atoms with Gasteiger partial charge in [0.15, 0.2) is 0 Å². The standard InChI is InChI=1S/C13H14BrN3/c1-2-17(10-11-6-3-4-8-15-11)13-12(14)7-5-9-16-13/h3-9H,2,10H2,1H3. The molecule has 0 fully saturated rings. The van der Waals surface area contributed by atoms with Gasteiger partial charge in [0.25, 0.3) is 0 Å². The molecule has 2 aromatic heterocycles. The van der Waals surface area contributed by atoms with Crippen molar-refractivity contribution in [1.29, 1.82) is 0 Å². The van der Waals surface area contributed by atoms with Crippen LogP contribution in [0.1, 0.15) is 12.6 Å². The molecule has 0 bridgehead atoms. The minimum atomic E-state index is 0.771. The van der Waals surface area contributed by atoms with Crippen molar-refractivity contribution >= 4 is 21.7 Å². The zero-order valence-corrected chi connectivity index (χ0v) is 11.3. The summed E-state index contributed by atoms with van der Waals surface area (Å²) in [5.74, 6) is 0.959. The second kappa shape index (κ2) is 5.77. The first-order chi connectivity index (χ1) is 8.31. The Morgan fingerprint density at radius 2 is 1.94 bits per heavy atom. The minimum absolute atomic E-state index is 0.771. The van der Waals surface area contributed by atoms with Gasteiger partial charge in [-0.3, -0.25) is 4.98 Å². The van der Waals surface area contributed by atoms with Crippen molar-refractivity contribution < 1.29 is 0 Å². The first-order valence-corrected chi connectivity index (χ1v) is 6.36. The Kier molecular flexibility index (Phi) is 4.09. The Morgan fingerprint density at radius 3 is 2.59 bits per heavy atom. The van der Waals surface area contributed by atoms with E-state index in [1.807, 2.05) is 36.5 Å². The van der Waals surface area contributed by atoms with E-state index < -0.39 is 0 Å². The third-order valence-electron chi connectivity index (χ3n) is 2.50. The van der Waals surface area contributed by atoms with Gasteiger partial charge in [-0.05, 0) is 47.1 Å². The number of pyridine rings is 2. The average molecular weight is 292 g/mol. The summed E-state index contributed by atoms with van der Waals surface area (Å²) in [5, 5.41) is 0. The molecule has 0 saturated carbocycles. The van der Waals surface area contributed by atoms with E-state index in [-0.39, 0.29) is 0 Å². The van der Waals surface area contributed by atoms with E-state index in [4.69, 9.17) is 0 Å². The van der Waals surface area contributed by atoms with Crippen molar-refractivity contribution in [3.8, 4) is 0 Å². The molecule has 0 amide bonds. The number of nitrogens with zero attached hydrogens (tertiary/aromatic N) is 3. The van der Waals surface area contributed by atoms with E-state index in [1.54, 1.807) is 6.20 Å². The highest BCUT2D eigenvalue weighted by Crippen LogP contribution is 2.23. The lowest BCUT2D eigenvalue weighted by Gasteiger charge is -2.22. The molecule has 0 aliphatic heterocycles. The van der Waals surface area contributed by atoms with Crippen LogP contribution in [0.15, 0.2) is 47.2 Å². The Hall–Kier alpha value is -1.42. The molecule has 3 nitrogen and oxygen atoms in total. The molecule has 88 valence electrons. The lowest BCUT2D eigenvalue weighted by Crippen LogP contribution is -2.23. The highest BCUT2D eigenvalue weighted by molar-refractivity contribution is 9.10. The van der Waals surface area contributed by atoms with Crippen LogP contribution in [0.4, 0.5) is 5.82 Å². The molecular formula is C13H14BrN3. The van der Waals surface area contributed by atoms with Crippen molar-refractivity contribution in [2.75, 3.05) is 11.4 Å². The van der Waals surface area contributed by atoms with Gasteiger partial charge >= 0.3 is 0 Å². The minimum Gasteiger partial charge on any atom is -0.350 e. The summed E-state index contributed by atoms with van der Waals surface area (Å²) >= 11 is 3.53. The van der Waals surface area contributed by atoms with Gasteiger partial charge in [0.2, 0.25) is 0 Å². The lowest BCUT2D eigenvalue weighted by atomic mass is 10.3. The molecule has 4 heteroatoms. The van der Waals surface area contributed by atoms with Gasteiger partial charge in [-0.25, -0.2) is 4.98 Å². The smallest absolute Gasteiger partial charge is 0.143 e. The molecule has 0 aliphatic carbocycles. The number of aromatic nitrogens is 2. The number of halogens is 1. The third-order valence-corrected chi connectivity index (χ3v) is 3.12. The second-order valence-corrected chi connectivity index (χ2v) is 4.50. The van der Waals surface area contributed by atoms with Gasteiger partial charge in [0.05, 0.1) is 16.7 Å². The molecule has 17 heavy (non-hydrogen) atoms. The Bertz CT molecular complexity index is 473. The predicted octanol–water partition coefficient (Wildman–Crippen LogP) is 3.27. The molecule has 0 atom stereocenters.